The number of hydrogen-bond donors (Lipinski definition) is 1. The largest absolute Gasteiger partial charge is 0.280 e. The molecule has 0 fully saturated rings. The molecule has 5 heteroatoms. The second-order valence-electron chi connectivity index (χ2n) is 5.75. The summed E-state index contributed by atoms with van der Waals surface area (Å²) in [6.45, 7) is 9.01. The molecule has 1 aliphatic rings. The zero-order valence-corrected chi connectivity index (χ0v) is 13.5. The fourth-order valence-corrected chi connectivity index (χ4v) is 4.51. The quantitative estimate of drug-likeness (QED) is 0.927. The monoisotopic (exact) mass is 296 g/mol. The van der Waals surface area contributed by atoms with Crippen LogP contribution in [0.3, 0.4) is 0 Å². The number of nitrogens with zero attached hydrogens (tertiary/aromatic N) is 1. The maximum atomic E-state index is 12.4. The van der Waals surface area contributed by atoms with E-state index in [2.05, 4.69) is 43.7 Å². The minimum atomic E-state index is -3.40. The molecule has 0 bridgehead atoms. The molecule has 1 aromatic rings. The van der Waals surface area contributed by atoms with Gasteiger partial charge in [0, 0.05) is 13.1 Å². The molecular formula is C15H24N2O2S. The molecule has 112 valence electrons. The molecule has 0 saturated heterocycles. The molecule has 1 aromatic carbocycles. The SMILES string of the molecule is CCNS(=O)(=O)N1CCc2cc(C)ccc2C1C(C)C. The van der Waals surface area contributed by atoms with E-state index in [9.17, 15) is 8.42 Å². The molecule has 2 rings (SSSR count). The van der Waals surface area contributed by atoms with Crippen LogP contribution in [0.1, 0.15) is 43.5 Å². The van der Waals surface area contributed by atoms with Crippen LogP contribution in [-0.2, 0) is 16.6 Å². The molecule has 0 saturated carbocycles. The maximum absolute atomic E-state index is 12.4. The Kier molecular flexibility index (Phi) is 4.52. The summed E-state index contributed by atoms with van der Waals surface area (Å²) >= 11 is 0. The lowest BCUT2D eigenvalue weighted by molar-refractivity contribution is 0.245. The Hall–Kier alpha value is -0.910. The van der Waals surface area contributed by atoms with Gasteiger partial charge in [-0.15, -0.1) is 0 Å². The van der Waals surface area contributed by atoms with Gasteiger partial charge in [0.15, 0.2) is 0 Å². The van der Waals surface area contributed by atoms with Crippen LogP contribution < -0.4 is 4.72 Å². The first-order valence-corrected chi connectivity index (χ1v) is 8.66. The van der Waals surface area contributed by atoms with Gasteiger partial charge in [0.25, 0.3) is 10.2 Å². The van der Waals surface area contributed by atoms with Crippen LogP contribution in [0.15, 0.2) is 18.2 Å². The number of fused-ring (bicyclic) bond motifs is 1. The van der Waals surface area contributed by atoms with Crippen LogP contribution in [0.2, 0.25) is 0 Å². The van der Waals surface area contributed by atoms with Crippen molar-refractivity contribution in [2.24, 2.45) is 5.92 Å². The highest BCUT2D eigenvalue weighted by atomic mass is 32.2. The lowest BCUT2D eigenvalue weighted by atomic mass is 9.87. The highest BCUT2D eigenvalue weighted by molar-refractivity contribution is 7.87. The van der Waals surface area contributed by atoms with E-state index in [0.717, 1.165) is 12.0 Å². The van der Waals surface area contributed by atoms with Crippen LogP contribution in [0.4, 0.5) is 0 Å². The van der Waals surface area contributed by atoms with Gasteiger partial charge in [-0.2, -0.15) is 12.7 Å². The normalized spacial score (nSPS) is 20.1. The summed E-state index contributed by atoms with van der Waals surface area (Å²) in [6.07, 6.45) is 0.783. The summed E-state index contributed by atoms with van der Waals surface area (Å²) in [6, 6.07) is 6.26. The maximum Gasteiger partial charge on any atom is 0.280 e. The van der Waals surface area contributed by atoms with Crippen molar-refractivity contribution < 1.29 is 8.42 Å². The Morgan fingerprint density at radius 3 is 2.70 bits per heavy atom. The average molecular weight is 296 g/mol. The summed E-state index contributed by atoms with van der Waals surface area (Å²) in [5.74, 6) is 0.241. The molecule has 0 amide bonds. The summed E-state index contributed by atoms with van der Waals surface area (Å²) in [5, 5.41) is 0. The summed E-state index contributed by atoms with van der Waals surface area (Å²) in [4.78, 5) is 0. The van der Waals surface area contributed by atoms with Gasteiger partial charge in [-0.1, -0.05) is 44.5 Å². The molecule has 1 unspecified atom stereocenters. The molecule has 1 N–H and O–H groups in total. The third kappa shape index (κ3) is 2.90. The minimum absolute atomic E-state index is 0.0802. The van der Waals surface area contributed by atoms with Gasteiger partial charge in [-0.05, 0) is 30.4 Å². The van der Waals surface area contributed by atoms with Crippen molar-refractivity contribution in [2.45, 2.75) is 40.2 Å². The van der Waals surface area contributed by atoms with Crippen molar-refractivity contribution in [3.05, 3.63) is 34.9 Å². The first kappa shape index (κ1) is 15.5. The number of aryl methyl sites for hydroxylation is 1. The number of benzene rings is 1. The van der Waals surface area contributed by atoms with Gasteiger partial charge in [0.05, 0.1) is 6.04 Å². The predicted molar refractivity (Wildman–Crippen MR) is 81.8 cm³/mol. The molecule has 0 spiro atoms. The molecule has 0 aliphatic carbocycles. The Morgan fingerprint density at radius 2 is 2.10 bits per heavy atom. The smallest absolute Gasteiger partial charge is 0.202 e. The molecule has 1 atom stereocenters. The first-order valence-electron chi connectivity index (χ1n) is 7.22. The average Bonchev–Trinajstić information content (AvgIpc) is 2.36. The lowest BCUT2D eigenvalue weighted by Gasteiger charge is -2.38. The van der Waals surface area contributed by atoms with Crippen LogP contribution in [0, 0.1) is 12.8 Å². The molecular weight excluding hydrogens is 272 g/mol. The van der Waals surface area contributed by atoms with E-state index in [0.29, 0.717) is 13.1 Å². The topological polar surface area (TPSA) is 49.4 Å². The number of rotatable bonds is 4. The third-order valence-corrected chi connectivity index (χ3v) is 5.48. The molecule has 4 nitrogen and oxygen atoms in total. The van der Waals surface area contributed by atoms with Crippen molar-refractivity contribution in [1.29, 1.82) is 0 Å². The Balaban J connectivity index is 2.46. The van der Waals surface area contributed by atoms with Gasteiger partial charge in [0.2, 0.25) is 0 Å². The van der Waals surface area contributed by atoms with Gasteiger partial charge >= 0.3 is 0 Å². The second kappa shape index (κ2) is 5.84. The van der Waals surface area contributed by atoms with E-state index in [1.807, 2.05) is 6.92 Å². The van der Waals surface area contributed by atoms with Crippen molar-refractivity contribution in [3.63, 3.8) is 0 Å². The van der Waals surface area contributed by atoms with Crippen molar-refractivity contribution in [1.82, 2.24) is 9.03 Å². The second-order valence-corrected chi connectivity index (χ2v) is 7.46. The lowest BCUT2D eigenvalue weighted by Crippen LogP contribution is -2.47. The van der Waals surface area contributed by atoms with E-state index in [1.165, 1.54) is 11.1 Å². The van der Waals surface area contributed by atoms with Crippen LogP contribution in [0.5, 0.6) is 0 Å². The fourth-order valence-electron chi connectivity index (χ4n) is 2.99. The van der Waals surface area contributed by atoms with E-state index in [1.54, 1.807) is 4.31 Å². The number of hydrogen-bond acceptors (Lipinski definition) is 2. The van der Waals surface area contributed by atoms with Crippen LogP contribution >= 0.6 is 0 Å². The standard InChI is InChI=1S/C15H24N2O2S/c1-5-16-20(18,19)17-9-8-13-10-12(4)6-7-14(13)15(17)11(2)3/h6-7,10-11,15-16H,5,8-9H2,1-4H3. The van der Waals surface area contributed by atoms with Gasteiger partial charge in [0.1, 0.15) is 0 Å². The highest BCUT2D eigenvalue weighted by Gasteiger charge is 2.36. The van der Waals surface area contributed by atoms with Gasteiger partial charge in [-0.3, -0.25) is 0 Å². The van der Waals surface area contributed by atoms with E-state index in [4.69, 9.17) is 0 Å². The molecule has 0 aromatic heterocycles. The van der Waals surface area contributed by atoms with Crippen molar-refractivity contribution in [2.75, 3.05) is 13.1 Å². The Labute approximate surface area is 122 Å². The Morgan fingerprint density at radius 1 is 1.40 bits per heavy atom. The van der Waals surface area contributed by atoms with E-state index in [-0.39, 0.29) is 12.0 Å². The highest BCUT2D eigenvalue weighted by Crippen LogP contribution is 2.36. The summed E-state index contributed by atoms with van der Waals surface area (Å²) in [5.41, 5.74) is 3.67. The zero-order chi connectivity index (χ0) is 14.9. The fraction of sp³-hybridized carbons (Fsp3) is 0.600. The van der Waals surface area contributed by atoms with Crippen molar-refractivity contribution in [3.8, 4) is 0 Å². The minimum Gasteiger partial charge on any atom is -0.202 e. The van der Waals surface area contributed by atoms with E-state index < -0.39 is 10.2 Å². The zero-order valence-electron chi connectivity index (χ0n) is 12.7. The summed E-state index contributed by atoms with van der Waals surface area (Å²) < 4.78 is 29.0. The van der Waals surface area contributed by atoms with E-state index >= 15 is 0 Å². The molecule has 1 heterocycles. The molecule has 0 radical (unpaired) electrons. The van der Waals surface area contributed by atoms with Gasteiger partial charge in [-0.25, -0.2) is 4.72 Å². The third-order valence-electron chi connectivity index (χ3n) is 3.80. The molecule has 20 heavy (non-hydrogen) atoms. The van der Waals surface area contributed by atoms with Gasteiger partial charge < -0.3 is 0 Å². The van der Waals surface area contributed by atoms with Crippen molar-refractivity contribution >= 4 is 10.2 Å². The first-order chi connectivity index (χ1) is 9.36. The van der Waals surface area contributed by atoms with Crippen LogP contribution in [-0.4, -0.2) is 25.8 Å². The summed E-state index contributed by atoms with van der Waals surface area (Å²) in [7, 11) is -3.40. The van der Waals surface area contributed by atoms with Crippen LogP contribution in [0.25, 0.3) is 0 Å². The molecule has 1 aliphatic heterocycles. The number of nitrogens with one attached hydrogen (secondary N) is 1. The predicted octanol–water partition coefficient (Wildman–Crippen LogP) is 2.40. The Bertz CT molecular complexity index is 582.